The Morgan fingerprint density at radius 2 is 1.88 bits per heavy atom. The van der Waals surface area contributed by atoms with Gasteiger partial charge in [-0.25, -0.2) is 0 Å². The topological polar surface area (TPSA) is 64.6 Å². The smallest absolute Gasteiger partial charge is 0.387 e. The van der Waals surface area contributed by atoms with Crippen LogP contribution in [0.25, 0.3) is 0 Å². The van der Waals surface area contributed by atoms with Crippen molar-refractivity contribution in [2.75, 3.05) is 11.9 Å². The number of ether oxygens (including phenoxy) is 2. The van der Waals surface area contributed by atoms with E-state index in [2.05, 4.69) is 10.1 Å². The van der Waals surface area contributed by atoms with Crippen molar-refractivity contribution in [3.8, 4) is 5.75 Å². The van der Waals surface area contributed by atoms with Gasteiger partial charge >= 0.3 is 12.6 Å². The van der Waals surface area contributed by atoms with Gasteiger partial charge in [0.2, 0.25) is 0 Å². The third kappa shape index (κ3) is 7.37. The molecule has 1 aromatic carbocycles. The molecule has 1 N–H and O–H groups in total. The van der Waals surface area contributed by atoms with Gasteiger partial charge in [-0.15, -0.1) is 0 Å². The van der Waals surface area contributed by atoms with E-state index < -0.39 is 25.1 Å². The Bertz CT molecular complexity index is 589. The average molecular weight is 369 g/mol. The monoisotopic (exact) mass is 369 g/mol. The van der Waals surface area contributed by atoms with Crippen LogP contribution in [0.5, 0.6) is 5.75 Å². The van der Waals surface area contributed by atoms with Crippen molar-refractivity contribution in [3.05, 3.63) is 24.3 Å². The lowest BCUT2D eigenvalue weighted by atomic mass is 9.86. The lowest BCUT2D eigenvalue weighted by Crippen LogP contribution is -2.21. The maximum absolute atomic E-state index is 12.3. The van der Waals surface area contributed by atoms with E-state index >= 15 is 0 Å². The number of nitrogens with one attached hydrogen (secondary N) is 1. The van der Waals surface area contributed by atoms with Crippen LogP contribution >= 0.6 is 0 Å². The molecular weight excluding hydrogens is 344 g/mol. The predicted octanol–water partition coefficient (Wildman–Crippen LogP) is 4.52. The first kappa shape index (κ1) is 20.1. The Labute approximate surface area is 152 Å². The Hall–Kier alpha value is -2.18. The molecule has 1 aliphatic rings. The molecule has 0 bridgehead atoms. The maximum Gasteiger partial charge on any atom is 0.387 e. The summed E-state index contributed by atoms with van der Waals surface area (Å²) in [5.74, 6) is -0.468. The second-order valence-electron chi connectivity index (χ2n) is 6.48. The summed E-state index contributed by atoms with van der Waals surface area (Å²) in [6, 6.07) is 5.84. The van der Waals surface area contributed by atoms with Crippen LogP contribution in [0.4, 0.5) is 14.5 Å². The van der Waals surface area contributed by atoms with E-state index in [9.17, 15) is 18.4 Å². The molecule has 26 heavy (non-hydrogen) atoms. The van der Waals surface area contributed by atoms with Crippen LogP contribution in [0.2, 0.25) is 0 Å². The number of benzene rings is 1. The van der Waals surface area contributed by atoms with Crippen molar-refractivity contribution in [2.24, 2.45) is 5.92 Å². The van der Waals surface area contributed by atoms with E-state index in [0.29, 0.717) is 5.92 Å². The van der Waals surface area contributed by atoms with E-state index in [4.69, 9.17) is 4.74 Å². The molecular formula is C19H25F2NO4. The number of alkyl halides is 2. The molecule has 0 atom stereocenters. The van der Waals surface area contributed by atoms with E-state index in [0.717, 1.165) is 12.8 Å². The van der Waals surface area contributed by atoms with Crippen LogP contribution in [-0.4, -0.2) is 25.1 Å². The molecule has 0 aliphatic heterocycles. The molecule has 0 aromatic heterocycles. The van der Waals surface area contributed by atoms with E-state index in [1.807, 2.05) is 0 Å². The fraction of sp³-hybridized carbons (Fsp3) is 0.579. The third-order valence-electron chi connectivity index (χ3n) is 4.46. The zero-order valence-corrected chi connectivity index (χ0v) is 14.7. The van der Waals surface area contributed by atoms with E-state index in [-0.39, 0.29) is 17.9 Å². The Morgan fingerprint density at radius 1 is 1.15 bits per heavy atom. The summed E-state index contributed by atoms with van der Waals surface area (Å²) in [7, 11) is 0. The highest BCUT2D eigenvalue weighted by molar-refractivity contribution is 5.94. The molecule has 7 heteroatoms. The Balaban J connectivity index is 1.67. The second kappa shape index (κ2) is 10.7. The van der Waals surface area contributed by atoms with E-state index in [1.54, 1.807) is 6.07 Å². The molecule has 2 rings (SSSR count). The SMILES string of the molecule is O=C(COC(=O)CCCC1CCCCC1)Nc1ccccc1OC(F)F. The number of carbonyl (C=O) groups excluding carboxylic acids is 2. The number of amides is 1. The van der Waals surface area contributed by atoms with Crippen molar-refractivity contribution in [2.45, 2.75) is 58.0 Å². The van der Waals surface area contributed by atoms with Gasteiger partial charge in [-0.1, -0.05) is 44.2 Å². The molecule has 0 spiro atoms. The van der Waals surface area contributed by atoms with Crippen LogP contribution in [0.3, 0.4) is 0 Å². The largest absolute Gasteiger partial charge is 0.456 e. The zero-order chi connectivity index (χ0) is 18.8. The van der Waals surface area contributed by atoms with E-state index in [1.165, 1.54) is 50.3 Å². The van der Waals surface area contributed by atoms with Crippen molar-refractivity contribution in [1.29, 1.82) is 0 Å². The zero-order valence-electron chi connectivity index (χ0n) is 14.7. The summed E-state index contributed by atoms with van der Waals surface area (Å²) < 4.78 is 34.0. The summed E-state index contributed by atoms with van der Waals surface area (Å²) in [6.07, 6.45) is 8.37. The van der Waals surface area contributed by atoms with Gasteiger partial charge in [0.15, 0.2) is 6.61 Å². The molecule has 1 aliphatic carbocycles. The molecule has 0 saturated heterocycles. The van der Waals surface area contributed by atoms with Crippen LogP contribution in [0, 0.1) is 5.92 Å². The van der Waals surface area contributed by atoms with Crippen molar-refractivity contribution in [1.82, 2.24) is 0 Å². The number of esters is 1. The van der Waals surface area contributed by atoms with Gasteiger partial charge in [0.25, 0.3) is 5.91 Å². The number of para-hydroxylation sites is 2. The quantitative estimate of drug-likeness (QED) is 0.650. The molecule has 0 unspecified atom stereocenters. The molecule has 0 heterocycles. The van der Waals surface area contributed by atoms with Crippen molar-refractivity contribution < 1.29 is 27.8 Å². The van der Waals surface area contributed by atoms with Crippen LogP contribution in [0.15, 0.2) is 24.3 Å². The van der Waals surface area contributed by atoms with Crippen LogP contribution in [0.1, 0.15) is 51.4 Å². The summed E-state index contributed by atoms with van der Waals surface area (Å²) in [6.45, 7) is -3.44. The lowest BCUT2D eigenvalue weighted by Gasteiger charge is -2.20. The Morgan fingerprint density at radius 3 is 2.62 bits per heavy atom. The van der Waals surface area contributed by atoms with Crippen molar-refractivity contribution >= 4 is 17.6 Å². The van der Waals surface area contributed by atoms with Gasteiger partial charge in [0.05, 0.1) is 5.69 Å². The third-order valence-corrected chi connectivity index (χ3v) is 4.46. The first-order valence-electron chi connectivity index (χ1n) is 9.04. The van der Waals surface area contributed by atoms with Gasteiger partial charge in [0.1, 0.15) is 5.75 Å². The second-order valence-corrected chi connectivity index (χ2v) is 6.48. The highest BCUT2D eigenvalue weighted by Gasteiger charge is 2.15. The number of halogens is 2. The predicted molar refractivity (Wildman–Crippen MR) is 93.1 cm³/mol. The Kier molecular flexibility index (Phi) is 8.31. The van der Waals surface area contributed by atoms with Crippen LogP contribution in [-0.2, 0) is 14.3 Å². The number of rotatable bonds is 9. The normalized spacial score (nSPS) is 14.9. The van der Waals surface area contributed by atoms with Crippen molar-refractivity contribution in [3.63, 3.8) is 0 Å². The fourth-order valence-corrected chi connectivity index (χ4v) is 3.18. The number of carbonyl (C=O) groups is 2. The van der Waals surface area contributed by atoms with Gasteiger partial charge < -0.3 is 14.8 Å². The fourth-order valence-electron chi connectivity index (χ4n) is 3.18. The number of hydrogen-bond donors (Lipinski definition) is 1. The number of anilines is 1. The highest BCUT2D eigenvalue weighted by Crippen LogP contribution is 2.28. The molecule has 0 radical (unpaired) electrons. The van der Waals surface area contributed by atoms with Crippen LogP contribution < -0.4 is 10.1 Å². The van der Waals surface area contributed by atoms with Gasteiger partial charge in [-0.3, -0.25) is 9.59 Å². The summed E-state index contributed by atoms with van der Waals surface area (Å²) in [4.78, 5) is 23.6. The summed E-state index contributed by atoms with van der Waals surface area (Å²) in [5.41, 5.74) is 0.103. The van der Waals surface area contributed by atoms with Gasteiger partial charge in [-0.2, -0.15) is 8.78 Å². The molecule has 1 aromatic rings. The highest BCUT2D eigenvalue weighted by atomic mass is 19.3. The molecule has 1 fully saturated rings. The molecule has 1 amide bonds. The lowest BCUT2D eigenvalue weighted by molar-refractivity contribution is -0.147. The summed E-state index contributed by atoms with van der Waals surface area (Å²) >= 11 is 0. The average Bonchev–Trinajstić information content (AvgIpc) is 2.62. The first-order chi connectivity index (χ1) is 12.5. The van der Waals surface area contributed by atoms with Gasteiger partial charge in [0, 0.05) is 6.42 Å². The minimum Gasteiger partial charge on any atom is -0.456 e. The molecule has 144 valence electrons. The molecule has 5 nitrogen and oxygen atoms in total. The molecule has 1 saturated carbocycles. The summed E-state index contributed by atoms with van der Waals surface area (Å²) in [5, 5.41) is 2.40. The minimum atomic E-state index is -2.99. The maximum atomic E-state index is 12.3. The standard InChI is InChI=1S/C19H25F2NO4/c20-19(21)26-16-11-5-4-10-15(16)22-17(23)13-25-18(24)12-6-9-14-7-2-1-3-8-14/h4-5,10-11,14,19H,1-3,6-9,12-13H2,(H,22,23). The van der Waals surface area contributed by atoms with Gasteiger partial charge in [-0.05, 0) is 30.9 Å². The minimum absolute atomic E-state index is 0.103. The number of hydrogen-bond acceptors (Lipinski definition) is 4. The first-order valence-corrected chi connectivity index (χ1v) is 9.04.